The Morgan fingerprint density at radius 1 is 1.22 bits per heavy atom. The molecule has 2 rings (SSSR count). The lowest BCUT2D eigenvalue weighted by molar-refractivity contribution is -0.127. The van der Waals surface area contributed by atoms with E-state index in [0.717, 1.165) is 31.4 Å². The molecule has 0 atom stereocenters. The Hall–Kier alpha value is -1.51. The molecule has 0 spiro atoms. The van der Waals surface area contributed by atoms with Crippen LogP contribution in [0.2, 0.25) is 0 Å². The Kier molecular flexibility index (Phi) is 3.60. The Labute approximate surface area is 108 Å². The number of carbonyl (C=O) groups is 1. The van der Waals surface area contributed by atoms with Crippen LogP contribution in [0.1, 0.15) is 39.5 Å². The molecule has 0 heterocycles. The van der Waals surface area contributed by atoms with E-state index in [2.05, 4.69) is 19.2 Å². The van der Waals surface area contributed by atoms with Crippen LogP contribution in [0.4, 0.5) is 5.69 Å². The molecule has 0 aromatic heterocycles. The van der Waals surface area contributed by atoms with Gasteiger partial charge in [0.15, 0.2) is 0 Å². The number of aromatic hydroxyl groups is 1. The first-order valence-electron chi connectivity index (χ1n) is 6.65. The van der Waals surface area contributed by atoms with Gasteiger partial charge >= 0.3 is 0 Å². The van der Waals surface area contributed by atoms with Gasteiger partial charge in [-0.1, -0.05) is 26.7 Å². The van der Waals surface area contributed by atoms with Crippen molar-refractivity contribution in [3.8, 4) is 5.75 Å². The predicted octanol–water partition coefficient (Wildman–Crippen LogP) is 3.55. The summed E-state index contributed by atoms with van der Waals surface area (Å²) in [4.78, 5) is 12.5. The molecule has 0 radical (unpaired) electrons. The second-order valence-electron chi connectivity index (χ2n) is 5.52. The van der Waals surface area contributed by atoms with Gasteiger partial charge in [0, 0.05) is 5.69 Å². The third-order valence-corrected chi connectivity index (χ3v) is 4.18. The molecule has 3 heteroatoms. The molecule has 18 heavy (non-hydrogen) atoms. The number of phenolic OH excluding ortho intramolecular Hbond substituents is 1. The maximum atomic E-state index is 12.5. The van der Waals surface area contributed by atoms with Gasteiger partial charge in [-0.25, -0.2) is 0 Å². The fraction of sp³-hybridized carbons (Fsp3) is 0.533. The molecule has 0 saturated heterocycles. The van der Waals surface area contributed by atoms with Crippen LogP contribution in [0.25, 0.3) is 0 Å². The van der Waals surface area contributed by atoms with E-state index in [1.54, 1.807) is 24.3 Å². The number of hydrogen-bond donors (Lipinski definition) is 2. The molecule has 0 unspecified atom stereocenters. The molecule has 1 aromatic rings. The first kappa shape index (κ1) is 12.9. The van der Waals surface area contributed by atoms with E-state index < -0.39 is 0 Å². The maximum absolute atomic E-state index is 12.5. The van der Waals surface area contributed by atoms with Crippen molar-refractivity contribution in [2.24, 2.45) is 11.3 Å². The fourth-order valence-electron chi connectivity index (χ4n) is 2.87. The van der Waals surface area contributed by atoms with E-state index in [-0.39, 0.29) is 17.1 Å². The maximum Gasteiger partial charge on any atom is 0.230 e. The molecule has 0 bridgehead atoms. The smallest absolute Gasteiger partial charge is 0.230 e. The molecule has 3 nitrogen and oxygen atoms in total. The van der Waals surface area contributed by atoms with Crippen LogP contribution in [-0.4, -0.2) is 11.0 Å². The highest BCUT2D eigenvalue weighted by atomic mass is 16.3. The third-order valence-electron chi connectivity index (χ3n) is 4.18. The molecule has 98 valence electrons. The van der Waals surface area contributed by atoms with Crippen LogP contribution < -0.4 is 5.32 Å². The monoisotopic (exact) mass is 247 g/mol. The van der Waals surface area contributed by atoms with Gasteiger partial charge in [-0.3, -0.25) is 4.79 Å². The molecular weight excluding hydrogens is 226 g/mol. The van der Waals surface area contributed by atoms with Crippen molar-refractivity contribution in [3.05, 3.63) is 24.3 Å². The molecule has 1 saturated carbocycles. The van der Waals surface area contributed by atoms with Crippen molar-refractivity contribution in [2.45, 2.75) is 39.5 Å². The number of benzene rings is 1. The normalized spacial score (nSPS) is 17.9. The largest absolute Gasteiger partial charge is 0.508 e. The summed E-state index contributed by atoms with van der Waals surface area (Å²) >= 11 is 0. The molecule has 2 N–H and O–H groups in total. The summed E-state index contributed by atoms with van der Waals surface area (Å²) in [7, 11) is 0. The van der Waals surface area contributed by atoms with Gasteiger partial charge < -0.3 is 10.4 Å². The van der Waals surface area contributed by atoms with Crippen molar-refractivity contribution >= 4 is 11.6 Å². The molecule has 1 aromatic carbocycles. The van der Waals surface area contributed by atoms with Crippen LogP contribution in [0, 0.1) is 11.3 Å². The molecule has 1 aliphatic rings. The van der Waals surface area contributed by atoms with E-state index in [4.69, 9.17) is 0 Å². The topological polar surface area (TPSA) is 49.3 Å². The summed E-state index contributed by atoms with van der Waals surface area (Å²) in [6.07, 6.45) is 4.24. The van der Waals surface area contributed by atoms with E-state index in [1.165, 1.54) is 0 Å². The van der Waals surface area contributed by atoms with Gasteiger partial charge in [-0.05, 0) is 43.0 Å². The first-order valence-corrected chi connectivity index (χ1v) is 6.65. The highest BCUT2D eigenvalue weighted by Gasteiger charge is 2.43. The van der Waals surface area contributed by atoms with Crippen molar-refractivity contribution in [2.75, 3.05) is 5.32 Å². The van der Waals surface area contributed by atoms with E-state index in [0.29, 0.717) is 5.92 Å². The molecule has 0 aliphatic heterocycles. The molecule has 1 aliphatic carbocycles. The summed E-state index contributed by atoms with van der Waals surface area (Å²) in [5.41, 5.74) is 0.544. The number of anilines is 1. The number of carbonyl (C=O) groups excluding carboxylic acids is 1. The van der Waals surface area contributed by atoms with Crippen molar-refractivity contribution < 1.29 is 9.90 Å². The van der Waals surface area contributed by atoms with Crippen LogP contribution in [-0.2, 0) is 4.79 Å². The Morgan fingerprint density at radius 3 is 2.28 bits per heavy atom. The summed E-state index contributed by atoms with van der Waals surface area (Å²) in [6.45, 7) is 4.25. The van der Waals surface area contributed by atoms with Crippen LogP contribution in [0.3, 0.4) is 0 Å². The van der Waals surface area contributed by atoms with Gasteiger partial charge in [0.25, 0.3) is 0 Å². The third kappa shape index (κ3) is 2.35. The van der Waals surface area contributed by atoms with E-state index >= 15 is 0 Å². The summed E-state index contributed by atoms with van der Waals surface area (Å²) < 4.78 is 0. The minimum atomic E-state index is -0.210. The lowest BCUT2D eigenvalue weighted by Gasteiger charge is -2.31. The minimum absolute atomic E-state index is 0.126. The summed E-state index contributed by atoms with van der Waals surface area (Å²) in [5, 5.41) is 12.2. The number of phenols is 1. The SMILES string of the molecule is CC(C)C1(C(=O)Nc2ccc(O)cc2)CCCC1. The van der Waals surface area contributed by atoms with Crippen LogP contribution in [0.5, 0.6) is 5.75 Å². The Morgan fingerprint density at radius 2 is 1.78 bits per heavy atom. The highest BCUT2D eigenvalue weighted by molar-refractivity contribution is 5.95. The van der Waals surface area contributed by atoms with Gasteiger partial charge in [0.2, 0.25) is 5.91 Å². The molecule has 1 fully saturated rings. The van der Waals surface area contributed by atoms with Gasteiger partial charge in [-0.15, -0.1) is 0 Å². The Balaban J connectivity index is 2.13. The first-order chi connectivity index (χ1) is 8.54. The summed E-state index contributed by atoms with van der Waals surface area (Å²) in [6, 6.07) is 6.64. The van der Waals surface area contributed by atoms with Gasteiger partial charge in [0.05, 0.1) is 5.41 Å². The van der Waals surface area contributed by atoms with Crippen LogP contribution >= 0.6 is 0 Å². The second kappa shape index (κ2) is 5.01. The Bertz CT molecular complexity index is 417. The van der Waals surface area contributed by atoms with Crippen LogP contribution in [0.15, 0.2) is 24.3 Å². The second-order valence-corrected chi connectivity index (χ2v) is 5.52. The summed E-state index contributed by atoms with van der Waals surface area (Å²) in [5.74, 6) is 0.699. The number of hydrogen-bond acceptors (Lipinski definition) is 2. The lowest BCUT2D eigenvalue weighted by Crippen LogP contribution is -2.38. The van der Waals surface area contributed by atoms with Crippen molar-refractivity contribution in [1.29, 1.82) is 0 Å². The van der Waals surface area contributed by atoms with Gasteiger partial charge in [0.1, 0.15) is 5.75 Å². The van der Waals surface area contributed by atoms with Crippen molar-refractivity contribution in [1.82, 2.24) is 0 Å². The molecule has 1 amide bonds. The lowest BCUT2D eigenvalue weighted by atomic mass is 9.75. The average molecular weight is 247 g/mol. The van der Waals surface area contributed by atoms with E-state index in [1.807, 2.05) is 0 Å². The average Bonchev–Trinajstić information content (AvgIpc) is 2.82. The predicted molar refractivity (Wildman–Crippen MR) is 72.5 cm³/mol. The number of nitrogens with one attached hydrogen (secondary N) is 1. The quantitative estimate of drug-likeness (QED) is 0.802. The standard InChI is InChI=1S/C15H21NO2/c1-11(2)15(9-3-4-10-15)14(18)16-12-5-7-13(17)8-6-12/h5-8,11,17H,3-4,9-10H2,1-2H3,(H,16,18). The number of rotatable bonds is 3. The zero-order valence-corrected chi connectivity index (χ0v) is 11.1. The van der Waals surface area contributed by atoms with Gasteiger partial charge in [-0.2, -0.15) is 0 Å². The minimum Gasteiger partial charge on any atom is -0.508 e. The van der Waals surface area contributed by atoms with Crippen molar-refractivity contribution in [3.63, 3.8) is 0 Å². The zero-order chi connectivity index (χ0) is 13.2. The number of amides is 1. The highest BCUT2D eigenvalue weighted by Crippen LogP contribution is 2.45. The van der Waals surface area contributed by atoms with E-state index in [9.17, 15) is 9.90 Å². The fourth-order valence-corrected chi connectivity index (χ4v) is 2.87. The zero-order valence-electron chi connectivity index (χ0n) is 11.1. The molecular formula is C15H21NO2.